The Morgan fingerprint density at radius 3 is 2.57 bits per heavy atom. The van der Waals surface area contributed by atoms with Gasteiger partial charge in [0.1, 0.15) is 5.75 Å². The Morgan fingerprint density at radius 1 is 1.19 bits per heavy atom. The number of carbonyl (C=O) groups excluding carboxylic acids is 1. The zero-order valence-electron chi connectivity index (χ0n) is 12.8. The van der Waals surface area contributed by atoms with Gasteiger partial charge in [0.15, 0.2) is 0 Å². The van der Waals surface area contributed by atoms with Crippen molar-refractivity contribution in [2.24, 2.45) is 0 Å². The topological polar surface area (TPSA) is 47.6 Å². The van der Waals surface area contributed by atoms with E-state index < -0.39 is 0 Å². The van der Waals surface area contributed by atoms with Crippen molar-refractivity contribution in [2.75, 3.05) is 13.7 Å². The Kier molecular flexibility index (Phi) is 5.67. The largest absolute Gasteiger partial charge is 0.497 e. The fourth-order valence-electron chi connectivity index (χ4n) is 2.50. The van der Waals surface area contributed by atoms with Crippen LogP contribution in [0.2, 0.25) is 0 Å². The summed E-state index contributed by atoms with van der Waals surface area (Å²) in [5.74, 6) is 0.678. The third-order valence-corrected chi connectivity index (χ3v) is 3.65. The van der Waals surface area contributed by atoms with E-state index in [1.165, 1.54) is 0 Å². The van der Waals surface area contributed by atoms with Crippen LogP contribution in [-0.4, -0.2) is 19.7 Å². The highest BCUT2D eigenvalue weighted by Gasteiger charge is 2.19. The van der Waals surface area contributed by atoms with Crippen molar-refractivity contribution >= 4 is 5.97 Å². The summed E-state index contributed by atoms with van der Waals surface area (Å²) in [4.78, 5) is 12.0. The Bertz CT molecular complexity index is 505. The first kappa shape index (κ1) is 15.4. The molecule has 0 unspecified atom stereocenters. The van der Waals surface area contributed by atoms with Gasteiger partial charge in [-0.05, 0) is 50.3 Å². The minimum absolute atomic E-state index is 0.172. The number of rotatable bonds is 6. The number of ether oxygens (including phenoxy) is 2. The van der Waals surface area contributed by atoms with Crippen molar-refractivity contribution in [1.82, 2.24) is 5.32 Å². The number of carbonyl (C=O) groups is 1. The molecule has 0 heterocycles. The van der Waals surface area contributed by atoms with E-state index in [2.05, 4.69) is 5.32 Å². The van der Waals surface area contributed by atoms with Crippen molar-refractivity contribution in [3.63, 3.8) is 0 Å². The summed E-state index contributed by atoms with van der Waals surface area (Å²) in [5.41, 5.74) is 3.02. The van der Waals surface area contributed by atoms with Gasteiger partial charge < -0.3 is 14.8 Å². The molecule has 21 heavy (non-hydrogen) atoms. The smallest absolute Gasteiger partial charge is 0.335 e. The van der Waals surface area contributed by atoms with Gasteiger partial charge in [-0.3, -0.25) is 0 Å². The number of allylic oxidation sites excluding steroid dienone is 1. The molecule has 0 aliphatic heterocycles. The van der Waals surface area contributed by atoms with E-state index >= 15 is 0 Å². The zero-order chi connectivity index (χ0) is 15.1. The third-order valence-electron chi connectivity index (χ3n) is 3.65. The van der Waals surface area contributed by atoms with Crippen LogP contribution in [0.4, 0.5) is 0 Å². The lowest BCUT2D eigenvalue weighted by Crippen LogP contribution is -2.22. The molecule has 0 fully saturated rings. The molecule has 1 N–H and O–H groups in total. The molecule has 0 atom stereocenters. The monoisotopic (exact) mass is 289 g/mol. The SMILES string of the molecule is CCOC(=O)C1=C(NCc2ccc(OC)cc2)CCCC1. The van der Waals surface area contributed by atoms with Crippen LogP contribution in [-0.2, 0) is 16.1 Å². The Morgan fingerprint density at radius 2 is 1.90 bits per heavy atom. The molecule has 4 nitrogen and oxygen atoms in total. The molecular formula is C17H23NO3. The van der Waals surface area contributed by atoms with Crippen molar-refractivity contribution in [3.8, 4) is 5.75 Å². The van der Waals surface area contributed by atoms with Gasteiger partial charge >= 0.3 is 5.97 Å². The second kappa shape index (κ2) is 7.72. The Labute approximate surface area is 126 Å². The van der Waals surface area contributed by atoms with Crippen LogP contribution < -0.4 is 10.1 Å². The molecule has 2 rings (SSSR count). The molecule has 114 valence electrons. The molecule has 1 aromatic carbocycles. The standard InChI is InChI=1S/C17H23NO3/c1-3-21-17(19)15-6-4-5-7-16(15)18-12-13-8-10-14(20-2)11-9-13/h8-11,18H,3-7,12H2,1-2H3. The van der Waals surface area contributed by atoms with Gasteiger partial charge in [0.2, 0.25) is 0 Å². The van der Waals surface area contributed by atoms with Crippen LogP contribution in [0.25, 0.3) is 0 Å². The number of nitrogens with one attached hydrogen (secondary N) is 1. The molecule has 0 spiro atoms. The van der Waals surface area contributed by atoms with Crippen LogP contribution in [0.1, 0.15) is 38.2 Å². The molecule has 0 aromatic heterocycles. The number of benzene rings is 1. The normalized spacial score (nSPS) is 14.8. The quantitative estimate of drug-likeness (QED) is 0.817. The fraction of sp³-hybridized carbons (Fsp3) is 0.471. The van der Waals surface area contributed by atoms with Crippen molar-refractivity contribution in [1.29, 1.82) is 0 Å². The average molecular weight is 289 g/mol. The second-order valence-electron chi connectivity index (χ2n) is 5.09. The summed E-state index contributed by atoms with van der Waals surface area (Å²) >= 11 is 0. The van der Waals surface area contributed by atoms with Gasteiger partial charge in [0, 0.05) is 12.2 Å². The summed E-state index contributed by atoms with van der Waals surface area (Å²) < 4.78 is 10.3. The molecule has 1 aliphatic rings. The van der Waals surface area contributed by atoms with Gasteiger partial charge in [-0.25, -0.2) is 4.79 Å². The second-order valence-corrected chi connectivity index (χ2v) is 5.09. The third kappa shape index (κ3) is 4.25. The van der Waals surface area contributed by atoms with Crippen molar-refractivity contribution < 1.29 is 14.3 Å². The van der Waals surface area contributed by atoms with E-state index in [1.807, 2.05) is 31.2 Å². The number of hydrogen-bond donors (Lipinski definition) is 1. The molecule has 0 radical (unpaired) electrons. The molecule has 0 saturated carbocycles. The summed E-state index contributed by atoms with van der Waals surface area (Å²) in [6.45, 7) is 2.97. The van der Waals surface area contributed by atoms with E-state index in [1.54, 1.807) is 7.11 Å². The highest BCUT2D eigenvalue weighted by molar-refractivity contribution is 5.89. The maximum Gasteiger partial charge on any atom is 0.335 e. The van der Waals surface area contributed by atoms with Crippen LogP contribution in [0.5, 0.6) is 5.75 Å². The maximum atomic E-state index is 12.0. The van der Waals surface area contributed by atoms with E-state index in [-0.39, 0.29) is 5.97 Å². The molecule has 0 amide bonds. The Balaban J connectivity index is 2.02. The average Bonchev–Trinajstić information content (AvgIpc) is 2.54. The minimum Gasteiger partial charge on any atom is -0.497 e. The van der Waals surface area contributed by atoms with E-state index in [0.29, 0.717) is 13.2 Å². The molecule has 0 saturated heterocycles. The predicted molar refractivity (Wildman–Crippen MR) is 82.0 cm³/mol. The summed E-state index contributed by atoms with van der Waals surface area (Å²) in [6, 6.07) is 7.94. The predicted octanol–water partition coefficient (Wildman–Crippen LogP) is 3.18. The highest BCUT2D eigenvalue weighted by atomic mass is 16.5. The van der Waals surface area contributed by atoms with Crippen molar-refractivity contribution in [2.45, 2.75) is 39.2 Å². The van der Waals surface area contributed by atoms with Crippen LogP contribution >= 0.6 is 0 Å². The van der Waals surface area contributed by atoms with E-state index in [4.69, 9.17) is 9.47 Å². The molecule has 1 aromatic rings. The summed E-state index contributed by atoms with van der Waals surface area (Å²) in [6.07, 6.45) is 3.91. The number of methoxy groups -OCH3 is 1. The molecule has 1 aliphatic carbocycles. The number of hydrogen-bond acceptors (Lipinski definition) is 4. The summed E-state index contributed by atoms with van der Waals surface area (Å²) in [7, 11) is 1.66. The first-order chi connectivity index (χ1) is 10.2. The van der Waals surface area contributed by atoms with Gasteiger partial charge in [0.05, 0.1) is 19.3 Å². The van der Waals surface area contributed by atoms with Gasteiger partial charge in [0.25, 0.3) is 0 Å². The van der Waals surface area contributed by atoms with Crippen LogP contribution in [0.15, 0.2) is 35.5 Å². The van der Waals surface area contributed by atoms with Gasteiger partial charge in [-0.1, -0.05) is 12.1 Å². The van der Waals surface area contributed by atoms with Crippen LogP contribution in [0.3, 0.4) is 0 Å². The first-order valence-corrected chi connectivity index (χ1v) is 7.50. The zero-order valence-corrected chi connectivity index (χ0v) is 12.8. The Hall–Kier alpha value is -1.97. The van der Waals surface area contributed by atoms with Crippen molar-refractivity contribution in [3.05, 3.63) is 41.1 Å². The molecule has 4 heteroatoms. The van der Waals surface area contributed by atoms with Gasteiger partial charge in [-0.2, -0.15) is 0 Å². The first-order valence-electron chi connectivity index (χ1n) is 7.50. The van der Waals surface area contributed by atoms with Crippen LogP contribution in [0, 0.1) is 0 Å². The van der Waals surface area contributed by atoms with Gasteiger partial charge in [-0.15, -0.1) is 0 Å². The van der Waals surface area contributed by atoms with E-state index in [0.717, 1.165) is 48.3 Å². The number of esters is 1. The maximum absolute atomic E-state index is 12.0. The summed E-state index contributed by atoms with van der Waals surface area (Å²) in [5, 5.41) is 3.40. The minimum atomic E-state index is -0.172. The fourth-order valence-corrected chi connectivity index (χ4v) is 2.50. The highest BCUT2D eigenvalue weighted by Crippen LogP contribution is 2.24. The lowest BCUT2D eigenvalue weighted by atomic mass is 9.96. The molecule has 0 bridgehead atoms. The lowest BCUT2D eigenvalue weighted by molar-refractivity contribution is -0.138. The lowest BCUT2D eigenvalue weighted by Gasteiger charge is -2.20. The molecular weight excluding hydrogens is 266 g/mol. The van der Waals surface area contributed by atoms with E-state index in [9.17, 15) is 4.79 Å².